The van der Waals surface area contributed by atoms with Gasteiger partial charge in [0, 0.05) is 0 Å². The van der Waals surface area contributed by atoms with E-state index in [2.05, 4.69) is 34.5 Å². The molecule has 2 aromatic rings. The van der Waals surface area contributed by atoms with E-state index in [1.165, 1.54) is 37.7 Å². The molecule has 2 rings (SSSR count). The number of H-pyrrole nitrogens is 1. The van der Waals surface area contributed by atoms with Crippen LogP contribution in [-0.4, -0.2) is 15.4 Å². The van der Waals surface area contributed by atoms with E-state index in [4.69, 9.17) is 0 Å². The van der Waals surface area contributed by atoms with Gasteiger partial charge in [0.2, 0.25) is 0 Å². The number of nitrogens with zero attached hydrogens (tertiary/aromatic N) is 2. The van der Waals surface area contributed by atoms with Crippen LogP contribution in [0.2, 0.25) is 0 Å². The summed E-state index contributed by atoms with van der Waals surface area (Å²) in [6.45, 7) is 2.25. The Balaban J connectivity index is 1.84. The summed E-state index contributed by atoms with van der Waals surface area (Å²) >= 11 is 0. The Kier molecular flexibility index (Phi) is 3.91. The zero-order chi connectivity index (χ0) is 11.2. The Bertz CT molecular complexity index is 433. The van der Waals surface area contributed by atoms with Crippen LogP contribution in [0.1, 0.15) is 44.6 Å². The third-order valence-electron chi connectivity index (χ3n) is 2.95. The Hall–Kier alpha value is -1.38. The van der Waals surface area contributed by atoms with Gasteiger partial charge in [-0.05, 0) is 30.5 Å². The van der Waals surface area contributed by atoms with Gasteiger partial charge in [-0.2, -0.15) is 15.4 Å². The summed E-state index contributed by atoms with van der Waals surface area (Å²) in [6.07, 6.45) is 7.82. The van der Waals surface area contributed by atoms with E-state index in [9.17, 15) is 0 Å². The fourth-order valence-corrected chi connectivity index (χ4v) is 1.97. The monoisotopic (exact) mass is 217 g/mol. The van der Waals surface area contributed by atoms with Crippen LogP contribution in [0.25, 0.3) is 11.0 Å². The van der Waals surface area contributed by atoms with Crippen molar-refractivity contribution in [2.75, 3.05) is 0 Å². The zero-order valence-corrected chi connectivity index (χ0v) is 9.87. The van der Waals surface area contributed by atoms with Gasteiger partial charge in [0.05, 0.1) is 0 Å². The van der Waals surface area contributed by atoms with Crippen molar-refractivity contribution in [2.45, 2.75) is 45.4 Å². The Morgan fingerprint density at radius 3 is 2.69 bits per heavy atom. The molecule has 0 unspecified atom stereocenters. The van der Waals surface area contributed by atoms with E-state index >= 15 is 0 Å². The highest BCUT2D eigenvalue weighted by Crippen LogP contribution is 2.13. The fraction of sp³-hybridized carbons (Fsp3) is 0.538. The van der Waals surface area contributed by atoms with Crippen molar-refractivity contribution in [2.24, 2.45) is 0 Å². The average molecular weight is 217 g/mol. The first-order valence-corrected chi connectivity index (χ1v) is 6.19. The van der Waals surface area contributed by atoms with Crippen LogP contribution in [0.4, 0.5) is 0 Å². The molecule has 0 fully saturated rings. The molecule has 0 aliphatic heterocycles. The third-order valence-corrected chi connectivity index (χ3v) is 2.95. The number of aromatic amines is 1. The summed E-state index contributed by atoms with van der Waals surface area (Å²) in [5.74, 6) is 0. The molecule has 1 N–H and O–H groups in total. The summed E-state index contributed by atoms with van der Waals surface area (Å²) in [6, 6.07) is 6.34. The van der Waals surface area contributed by atoms with Crippen LogP contribution >= 0.6 is 0 Å². The van der Waals surface area contributed by atoms with Crippen LogP contribution in [-0.2, 0) is 6.42 Å². The quantitative estimate of drug-likeness (QED) is 0.753. The lowest BCUT2D eigenvalue weighted by Gasteiger charge is -2.01. The highest BCUT2D eigenvalue weighted by atomic mass is 15.3. The van der Waals surface area contributed by atoms with Crippen molar-refractivity contribution in [3.05, 3.63) is 23.8 Å². The van der Waals surface area contributed by atoms with Crippen molar-refractivity contribution in [3.63, 3.8) is 0 Å². The van der Waals surface area contributed by atoms with Crippen molar-refractivity contribution < 1.29 is 0 Å². The average Bonchev–Trinajstić information content (AvgIpc) is 2.76. The highest BCUT2D eigenvalue weighted by Gasteiger charge is 1.99. The van der Waals surface area contributed by atoms with Crippen molar-refractivity contribution in [3.8, 4) is 0 Å². The second-order valence-corrected chi connectivity index (χ2v) is 4.31. The SMILES string of the molecule is CCCCCCCc1ccc2n[nH]nc2c1. The van der Waals surface area contributed by atoms with Gasteiger partial charge < -0.3 is 0 Å². The molecule has 1 aromatic carbocycles. The lowest BCUT2D eigenvalue weighted by Crippen LogP contribution is -1.86. The summed E-state index contributed by atoms with van der Waals surface area (Å²) in [7, 11) is 0. The molecule has 3 heteroatoms. The Labute approximate surface area is 96.3 Å². The van der Waals surface area contributed by atoms with Crippen LogP contribution in [0.5, 0.6) is 0 Å². The van der Waals surface area contributed by atoms with Gasteiger partial charge in [-0.25, -0.2) is 0 Å². The predicted octanol–water partition coefficient (Wildman–Crippen LogP) is 3.47. The lowest BCUT2D eigenvalue weighted by molar-refractivity contribution is 0.632. The van der Waals surface area contributed by atoms with Crippen LogP contribution in [0.15, 0.2) is 18.2 Å². The number of rotatable bonds is 6. The van der Waals surface area contributed by atoms with Crippen LogP contribution < -0.4 is 0 Å². The minimum absolute atomic E-state index is 0.953. The number of aromatic nitrogens is 3. The van der Waals surface area contributed by atoms with Gasteiger partial charge in [-0.15, -0.1) is 0 Å². The second-order valence-electron chi connectivity index (χ2n) is 4.31. The number of benzene rings is 1. The molecule has 0 atom stereocenters. The molecular weight excluding hydrogens is 198 g/mol. The first-order valence-electron chi connectivity index (χ1n) is 6.19. The molecule has 3 nitrogen and oxygen atoms in total. The van der Waals surface area contributed by atoms with Gasteiger partial charge >= 0.3 is 0 Å². The molecule has 86 valence electrons. The number of aryl methyl sites for hydroxylation is 1. The first kappa shape index (κ1) is 11.1. The number of nitrogens with one attached hydrogen (secondary N) is 1. The summed E-state index contributed by atoms with van der Waals surface area (Å²) in [5.41, 5.74) is 3.30. The third kappa shape index (κ3) is 2.81. The first-order chi connectivity index (χ1) is 7.90. The smallest absolute Gasteiger partial charge is 0.113 e. The topological polar surface area (TPSA) is 41.6 Å². The molecule has 0 spiro atoms. The number of fused-ring (bicyclic) bond motifs is 1. The molecule has 0 amide bonds. The maximum Gasteiger partial charge on any atom is 0.113 e. The second kappa shape index (κ2) is 5.64. The minimum atomic E-state index is 0.953. The Morgan fingerprint density at radius 1 is 1.00 bits per heavy atom. The highest BCUT2D eigenvalue weighted by molar-refractivity contribution is 5.74. The number of hydrogen-bond acceptors (Lipinski definition) is 2. The van der Waals surface area contributed by atoms with E-state index < -0.39 is 0 Å². The number of unbranched alkanes of at least 4 members (excludes halogenated alkanes) is 4. The van der Waals surface area contributed by atoms with Crippen molar-refractivity contribution in [1.29, 1.82) is 0 Å². The van der Waals surface area contributed by atoms with E-state index in [-0.39, 0.29) is 0 Å². The Morgan fingerprint density at radius 2 is 1.81 bits per heavy atom. The molecule has 0 saturated heterocycles. The van der Waals surface area contributed by atoms with E-state index in [0.717, 1.165) is 17.5 Å². The van der Waals surface area contributed by atoms with E-state index in [1.807, 2.05) is 6.07 Å². The minimum Gasteiger partial charge on any atom is -0.197 e. The molecule has 0 aliphatic rings. The molecule has 16 heavy (non-hydrogen) atoms. The van der Waals surface area contributed by atoms with Gasteiger partial charge in [0.1, 0.15) is 11.0 Å². The fourth-order valence-electron chi connectivity index (χ4n) is 1.97. The van der Waals surface area contributed by atoms with E-state index in [1.54, 1.807) is 0 Å². The molecule has 0 radical (unpaired) electrons. The summed E-state index contributed by atoms with van der Waals surface area (Å²) in [4.78, 5) is 0. The maximum atomic E-state index is 4.10. The zero-order valence-electron chi connectivity index (χ0n) is 9.87. The standard InChI is InChI=1S/C13H19N3/c1-2-3-4-5-6-7-11-8-9-12-13(10-11)15-16-14-12/h8-10H,2-7H2,1H3,(H,14,15,16). The van der Waals surface area contributed by atoms with Gasteiger partial charge in [-0.1, -0.05) is 38.7 Å². The van der Waals surface area contributed by atoms with Crippen molar-refractivity contribution in [1.82, 2.24) is 15.4 Å². The normalized spacial score (nSPS) is 11.1. The largest absolute Gasteiger partial charge is 0.197 e. The van der Waals surface area contributed by atoms with Gasteiger partial charge in [0.15, 0.2) is 0 Å². The molecule has 0 aliphatic carbocycles. The summed E-state index contributed by atoms with van der Waals surface area (Å²) in [5, 5.41) is 10.8. The van der Waals surface area contributed by atoms with Crippen molar-refractivity contribution >= 4 is 11.0 Å². The van der Waals surface area contributed by atoms with Gasteiger partial charge in [0.25, 0.3) is 0 Å². The van der Waals surface area contributed by atoms with Crippen LogP contribution in [0.3, 0.4) is 0 Å². The predicted molar refractivity (Wildman–Crippen MR) is 66.4 cm³/mol. The lowest BCUT2D eigenvalue weighted by atomic mass is 10.1. The van der Waals surface area contributed by atoms with Gasteiger partial charge in [-0.3, -0.25) is 0 Å². The molecular formula is C13H19N3. The molecule has 1 aromatic heterocycles. The molecule has 1 heterocycles. The summed E-state index contributed by atoms with van der Waals surface area (Å²) < 4.78 is 0. The number of hydrogen-bond donors (Lipinski definition) is 1. The molecule has 0 saturated carbocycles. The van der Waals surface area contributed by atoms with Crippen LogP contribution in [0, 0.1) is 0 Å². The maximum absolute atomic E-state index is 4.10. The molecule has 0 bridgehead atoms. The van der Waals surface area contributed by atoms with E-state index in [0.29, 0.717) is 0 Å².